The van der Waals surface area contributed by atoms with Crippen molar-refractivity contribution < 1.29 is 0 Å². The molecule has 0 aromatic heterocycles. The van der Waals surface area contributed by atoms with E-state index in [4.69, 9.17) is 6.42 Å². The number of terminal acetylenes is 1. The third kappa shape index (κ3) is 4.94. The summed E-state index contributed by atoms with van der Waals surface area (Å²) in [6, 6.07) is 0.130. The first-order valence-electron chi connectivity index (χ1n) is 2.90. The van der Waals surface area contributed by atoms with E-state index in [9.17, 15) is 0 Å². The van der Waals surface area contributed by atoms with E-state index in [1.165, 1.54) is 0 Å². The largest absolute Gasteiger partial charge is 0.293 e. The van der Waals surface area contributed by atoms with E-state index < -0.39 is 0 Å². The Morgan fingerprint density at radius 2 is 2.33 bits per heavy atom. The van der Waals surface area contributed by atoms with Crippen LogP contribution in [0.5, 0.6) is 0 Å². The Balaban J connectivity index is 3.26. The molecule has 0 spiro atoms. The van der Waals surface area contributed by atoms with Crippen molar-refractivity contribution in [2.75, 3.05) is 6.54 Å². The first-order chi connectivity index (χ1) is 4.31. The molecule has 0 aliphatic rings. The maximum absolute atomic E-state index is 5.09. The van der Waals surface area contributed by atoms with Gasteiger partial charge in [-0.05, 0) is 13.8 Å². The van der Waals surface area contributed by atoms with E-state index >= 15 is 0 Å². The van der Waals surface area contributed by atoms with Gasteiger partial charge in [0.2, 0.25) is 0 Å². The summed E-state index contributed by atoms with van der Waals surface area (Å²) < 4.78 is 0. The molecule has 0 heterocycles. The molecule has 1 nitrogen and oxygen atoms in total. The Bertz CT molecular complexity index is 154. The highest BCUT2D eigenvalue weighted by molar-refractivity contribution is 5.02. The highest BCUT2D eigenvalue weighted by Gasteiger charge is 1.88. The summed E-state index contributed by atoms with van der Waals surface area (Å²) in [4.78, 5) is 0. The van der Waals surface area contributed by atoms with E-state index in [1.807, 2.05) is 13.8 Å². The molecule has 1 N–H and O–H groups in total. The van der Waals surface area contributed by atoms with Crippen LogP contribution in [-0.2, 0) is 0 Å². The molecule has 1 atom stereocenters. The minimum atomic E-state index is 0.130. The molecule has 0 aliphatic carbocycles. The first kappa shape index (κ1) is 8.08. The lowest BCUT2D eigenvalue weighted by Crippen LogP contribution is -2.24. The Hall–Kier alpha value is -0.920. The molecule has 9 heavy (non-hydrogen) atoms. The number of hydrogen-bond acceptors (Lipinski definition) is 1. The monoisotopic (exact) mass is 121 g/mol. The van der Waals surface area contributed by atoms with Gasteiger partial charge in [-0.1, -0.05) is 11.8 Å². The van der Waals surface area contributed by atoms with Crippen molar-refractivity contribution in [2.45, 2.75) is 19.9 Å². The smallest absolute Gasteiger partial charge is 0.0665 e. The standard InChI is InChI=1S/C8H11N/c1-4-6-7-9-8(3)5-2/h2,8-9H,7H2,1,3H3. The van der Waals surface area contributed by atoms with Crippen LogP contribution in [-0.4, -0.2) is 12.6 Å². The van der Waals surface area contributed by atoms with Crippen molar-refractivity contribution in [3.63, 3.8) is 0 Å². The lowest BCUT2D eigenvalue weighted by atomic mass is 10.3. The molecule has 0 saturated carbocycles. The van der Waals surface area contributed by atoms with E-state index in [2.05, 4.69) is 23.1 Å². The predicted molar refractivity (Wildman–Crippen MR) is 39.7 cm³/mol. The van der Waals surface area contributed by atoms with Crippen LogP contribution in [0.2, 0.25) is 0 Å². The quantitative estimate of drug-likeness (QED) is 0.528. The Kier molecular flexibility index (Phi) is 4.69. The molecule has 0 aromatic rings. The van der Waals surface area contributed by atoms with Gasteiger partial charge in [0.15, 0.2) is 0 Å². The van der Waals surface area contributed by atoms with Gasteiger partial charge in [-0.2, -0.15) is 0 Å². The van der Waals surface area contributed by atoms with E-state index in [-0.39, 0.29) is 6.04 Å². The maximum atomic E-state index is 5.09. The Labute approximate surface area is 56.8 Å². The summed E-state index contributed by atoms with van der Waals surface area (Å²) in [5.41, 5.74) is 0. The summed E-state index contributed by atoms with van der Waals surface area (Å²) in [6.07, 6.45) is 5.09. The minimum absolute atomic E-state index is 0.130. The first-order valence-corrected chi connectivity index (χ1v) is 2.90. The van der Waals surface area contributed by atoms with Crippen LogP contribution in [0.25, 0.3) is 0 Å². The zero-order valence-electron chi connectivity index (χ0n) is 5.86. The van der Waals surface area contributed by atoms with E-state index in [0.29, 0.717) is 6.54 Å². The third-order valence-electron chi connectivity index (χ3n) is 0.923. The maximum Gasteiger partial charge on any atom is 0.0665 e. The summed E-state index contributed by atoms with van der Waals surface area (Å²) >= 11 is 0. The number of rotatable bonds is 2. The minimum Gasteiger partial charge on any atom is -0.293 e. The van der Waals surface area contributed by atoms with Crippen molar-refractivity contribution in [3.05, 3.63) is 0 Å². The van der Waals surface area contributed by atoms with Crippen LogP contribution < -0.4 is 5.32 Å². The second-order valence-electron chi connectivity index (χ2n) is 1.70. The zero-order chi connectivity index (χ0) is 7.11. The fraction of sp³-hybridized carbons (Fsp3) is 0.500. The molecular formula is C8H11N. The number of hydrogen-bond donors (Lipinski definition) is 1. The Morgan fingerprint density at radius 1 is 1.67 bits per heavy atom. The fourth-order valence-corrected chi connectivity index (χ4v) is 0.351. The molecule has 0 bridgehead atoms. The molecule has 0 aliphatic heterocycles. The van der Waals surface area contributed by atoms with Gasteiger partial charge >= 0.3 is 0 Å². The van der Waals surface area contributed by atoms with E-state index in [1.54, 1.807) is 0 Å². The predicted octanol–water partition coefficient (Wildman–Crippen LogP) is 0.621. The Morgan fingerprint density at radius 3 is 2.78 bits per heavy atom. The van der Waals surface area contributed by atoms with Crippen LogP contribution in [0.15, 0.2) is 0 Å². The van der Waals surface area contributed by atoms with Crippen LogP contribution in [0.3, 0.4) is 0 Å². The third-order valence-corrected chi connectivity index (χ3v) is 0.923. The second-order valence-corrected chi connectivity index (χ2v) is 1.70. The SMILES string of the molecule is C#CC(C)NCC#CC. The zero-order valence-corrected chi connectivity index (χ0v) is 5.86. The average Bonchev–Trinajstić information content (AvgIpc) is 1.89. The van der Waals surface area contributed by atoms with Gasteiger partial charge in [0, 0.05) is 0 Å². The van der Waals surface area contributed by atoms with Crippen molar-refractivity contribution >= 4 is 0 Å². The highest BCUT2D eigenvalue weighted by atomic mass is 14.9. The second kappa shape index (κ2) is 5.22. The van der Waals surface area contributed by atoms with Crippen molar-refractivity contribution in [1.29, 1.82) is 0 Å². The molecule has 48 valence electrons. The molecule has 0 fully saturated rings. The molecule has 0 amide bonds. The number of nitrogens with one attached hydrogen (secondary N) is 1. The normalized spacial score (nSPS) is 10.8. The van der Waals surface area contributed by atoms with Gasteiger partial charge in [0.1, 0.15) is 0 Å². The molecule has 1 heteroatoms. The lowest BCUT2D eigenvalue weighted by molar-refractivity contribution is 0.711. The van der Waals surface area contributed by atoms with E-state index in [0.717, 1.165) is 0 Å². The van der Waals surface area contributed by atoms with Crippen LogP contribution >= 0.6 is 0 Å². The highest BCUT2D eigenvalue weighted by Crippen LogP contribution is 1.72. The van der Waals surface area contributed by atoms with Crippen molar-refractivity contribution in [3.8, 4) is 24.2 Å². The van der Waals surface area contributed by atoms with Crippen LogP contribution in [0, 0.1) is 24.2 Å². The van der Waals surface area contributed by atoms with Gasteiger partial charge in [0.25, 0.3) is 0 Å². The summed E-state index contributed by atoms with van der Waals surface area (Å²) in [6.45, 7) is 4.42. The molecule has 0 rings (SSSR count). The fourth-order valence-electron chi connectivity index (χ4n) is 0.351. The summed E-state index contributed by atoms with van der Waals surface area (Å²) in [7, 11) is 0. The van der Waals surface area contributed by atoms with Gasteiger partial charge < -0.3 is 0 Å². The van der Waals surface area contributed by atoms with Gasteiger partial charge in [-0.15, -0.1) is 12.3 Å². The molecule has 0 radical (unpaired) electrons. The molecule has 0 aromatic carbocycles. The summed E-state index contributed by atoms with van der Waals surface area (Å²) in [5, 5.41) is 3.02. The lowest BCUT2D eigenvalue weighted by Gasteiger charge is -2.00. The summed E-state index contributed by atoms with van der Waals surface area (Å²) in [5.74, 6) is 8.17. The van der Waals surface area contributed by atoms with Gasteiger partial charge in [-0.3, -0.25) is 5.32 Å². The molecular weight excluding hydrogens is 110 g/mol. The van der Waals surface area contributed by atoms with Gasteiger partial charge in [0.05, 0.1) is 12.6 Å². The van der Waals surface area contributed by atoms with Crippen molar-refractivity contribution in [2.24, 2.45) is 0 Å². The topological polar surface area (TPSA) is 12.0 Å². The molecule has 1 unspecified atom stereocenters. The van der Waals surface area contributed by atoms with Crippen molar-refractivity contribution in [1.82, 2.24) is 5.32 Å². The average molecular weight is 121 g/mol. The van der Waals surface area contributed by atoms with Crippen LogP contribution in [0.1, 0.15) is 13.8 Å². The van der Waals surface area contributed by atoms with Crippen LogP contribution in [0.4, 0.5) is 0 Å². The van der Waals surface area contributed by atoms with Gasteiger partial charge in [-0.25, -0.2) is 0 Å². The molecule has 0 saturated heterocycles.